The van der Waals surface area contributed by atoms with Crippen LogP contribution in [0.15, 0.2) is 183 Å². The zero-order valence-electron chi connectivity index (χ0n) is 50.4. The van der Waals surface area contributed by atoms with Crippen molar-refractivity contribution in [1.29, 1.82) is 0 Å². The first-order valence-electron chi connectivity index (χ1n) is 28.6. The number of nitrogens with one attached hydrogen (secondary N) is 3. The fourth-order valence-electron chi connectivity index (χ4n) is 9.86. The number of hydrogen-bond acceptors (Lipinski definition) is 16. The molecule has 4 N–H and O–H groups in total. The van der Waals surface area contributed by atoms with Crippen molar-refractivity contribution in [3.05, 3.63) is 232 Å². The number of anilines is 3. The summed E-state index contributed by atoms with van der Waals surface area (Å²) in [5, 5.41) is 41.2. The molecule has 0 bridgehead atoms. The molecular formula is C66H62F3IN16O5. The van der Waals surface area contributed by atoms with E-state index in [9.17, 15) is 18.3 Å². The maximum Gasteiger partial charge on any atom is 0.170 e. The maximum atomic E-state index is 14.2. The number of phenolic OH excluding ortho intramolecular Hbond substituents is 1. The highest BCUT2D eigenvalue weighted by Crippen LogP contribution is 2.34. The normalized spacial score (nSPS) is 12.1. The average molecular weight is 1340 g/mol. The SMILES string of the molecule is CC(Nc1ccn2ncc(-c3cnn(C)c3)c2n1)c1cc(F)ccc1O.COc1ccc(COc2ccc(F)cc2C(C)Nc2ccn3ncc(-c4cnn(C)c4)c3n2)cc1.COc1ccc(COc2ccc(F)cc2C(C)Nc2ccn3ncc(I)c3n2)cc1. The Kier molecular flexibility index (Phi) is 18.9. The summed E-state index contributed by atoms with van der Waals surface area (Å²) in [6.45, 7) is 6.44. The Hall–Kier alpha value is -10.7. The predicted octanol–water partition coefficient (Wildman–Crippen LogP) is 13.4. The summed E-state index contributed by atoms with van der Waals surface area (Å²) in [4.78, 5) is 14.0. The monoisotopic (exact) mass is 1340 g/mol. The number of aryl methyl sites for hydroxylation is 2. The van der Waals surface area contributed by atoms with Gasteiger partial charge in [0.15, 0.2) is 16.9 Å². The topological polar surface area (TPSA) is 219 Å². The maximum absolute atomic E-state index is 14.2. The van der Waals surface area contributed by atoms with Crippen LogP contribution in [0.5, 0.6) is 28.7 Å². The molecule has 0 radical (unpaired) electrons. The van der Waals surface area contributed by atoms with Crippen LogP contribution in [0.3, 0.4) is 0 Å². The van der Waals surface area contributed by atoms with Crippen LogP contribution in [-0.4, -0.2) is 82.7 Å². The molecular weight excluding hydrogens is 1280 g/mol. The Morgan fingerprint density at radius 3 is 1.27 bits per heavy atom. The third kappa shape index (κ3) is 14.9. The lowest BCUT2D eigenvalue weighted by Gasteiger charge is -2.19. The van der Waals surface area contributed by atoms with E-state index in [0.717, 1.165) is 54.1 Å². The van der Waals surface area contributed by atoms with Gasteiger partial charge < -0.3 is 40.0 Å². The number of phenols is 1. The predicted molar refractivity (Wildman–Crippen MR) is 348 cm³/mol. The van der Waals surface area contributed by atoms with Crippen molar-refractivity contribution >= 4 is 57.0 Å². The van der Waals surface area contributed by atoms with Crippen molar-refractivity contribution in [3.63, 3.8) is 0 Å². The van der Waals surface area contributed by atoms with Crippen LogP contribution in [-0.2, 0) is 27.3 Å². The quantitative estimate of drug-likeness (QED) is 0.0553. The molecule has 21 nitrogen and oxygen atoms in total. The molecule has 0 aliphatic heterocycles. The van der Waals surface area contributed by atoms with Gasteiger partial charge >= 0.3 is 0 Å². The van der Waals surface area contributed by atoms with Crippen LogP contribution < -0.4 is 34.9 Å². The van der Waals surface area contributed by atoms with Gasteiger partial charge in [-0.2, -0.15) is 25.5 Å². The molecule has 0 spiro atoms. The van der Waals surface area contributed by atoms with Crippen molar-refractivity contribution < 1.29 is 37.2 Å². The summed E-state index contributed by atoms with van der Waals surface area (Å²) in [6.07, 6.45) is 18.1. The Labute approximate surface area is 534 Å². The number of aromatic hydroxyl groups is 1. The van der Waals surface area contributed by atoms with Crippen LogP contribution in [0.4, 0.5) is 30.6 Å². The zero-order valence-corrected chi connectivity index (χ0v) is 52.5. The summed E-state index contributed by atoms with van der Waals surface area (Å²) in [5.41, 5.74) is 9.59. The van der Waals surface area contributed by atoms with Gasteiger partial charge in [-0.3, -0.25) is 9.36 Å². The summed E-state index contributed by atoms with van der Waals surface area (Å²) >= 11 is 2.19. The van der Waals surface area contributed by atoms with Gasteiger partial charge in [-0.1, -0.05) is 24.3 Å². The molecule has 91 heavy (non-hydrogen) atoms. The molecule has 3 unspecified atom stereocenters. The van der Waals surface area contributed by atoms with Crippen molar-refractivity contribution in [2.75, 3.05) is 30.2 Å². The highest BCUT2D eigenvalue weighted by molar-refractivity contribution is 14.1. The van der Waals surface area contributed by atoms with E-state index < -0.39 is 5.82 Å². The first kappa shape index (κ1) is 61.9. The molecule has 0 amide bonds. The number of nitrogens with zero attached hydrogens (tertiary/aromatic N) is 13. The molecule has 5 aromatic carbocycles. The number of benzene rings is 5. The highest BCUT2D eigenvalue weighted by Gasteiger charge is 2.20. The summed E-state index contributed by atoms with van der Waals surface area (Å²) in [6, 6.07) is 32.9. The number of ether oxygens (including phenoxy) is 4. The van der Waals surface area contributed by atoms with E-state index in [2.05, 4.69) is 74.0 Å². The smallest absolute Gasteiger partial charge is 0.170 e. The lowest BCUT2D eigenvalue weighted by molar-refractivity contribution is 0.301. The minimum Gasteiger partial charge on any atom is -0.508 e. The van der Waals surface area contributed by atoms with Crippen LogP contribution in [0, 0.1) is 21.0 Å². The number of aromatic nitrogens is 13. The molecule has 13 aromatic rings. The third-order valence-electron chi connectivity index (χ3n) is 14.6. The van der Waals surface area contributed by atoms with Crippen LogP contribution in [0.1, 0.15) is 66.7 Å². The van der Waals surface area contributed by atoms with E-state index in [1.807, 2.05) is 120 Å². The second kappa shape index (κ2) is 27.8. The van der Waals surface area contributed by atoms with Gasteiger partial charge in [-0.05, 0) is 152 Å². The average Bonchev–Trinajstić information content (AvgIpc) is 1.83. The van der Waals surface area contributed by atoms with E-state index >= 15 is 0 Å². The van der Waals surface area contributed by atoms with Crippen molar-refractivity contribution in [1.82, 2.24) is 63.4 Å². The fourth-order valence-corrected chi connectivity index (χ4v) is 10.4. The summed E-state index contributed by atoms with van der Waals surface area (Å²) in [7, 11) is 6.97. The van der Waals surface area contributed by atoms with Gasteiger partial charge in [0.2, 0.25) is 0 Å². The van der Waals surface area contributed by atoms with Gasteiger partial charge in [-0.15, -0.1) is 0 Å². The molecule has 8 aromatic heterocycles. The van der Waals surface area contributed by atoms with E-state index in [4.69, 9.17) is 23.9 Å². The Balaban J connectivity index is 0.000000142. The van der Waals surface area contributed by atoms with Crippen LogP contribution >= 0.6 is 22.6 Å². The molecule has 13 rings (SSSR count). The molecule has 0 fully saturated rings. The van der Waals surface area contributed by atoms with Crippen molar-refractivity contribution in [3.8, 4) is 51.0 Å². The van der Waals surface area contributed by atoms with Crippen molar-refractivity contribution in [2.24, 2.45) is 14.1 Å². The molecule has 25 heteroatoms. The van der Waals surface area contributed by atoms with Gasteiger partial charge in [0.05, 0.1) is 66.9 Å². The van der Waals surface area contributed by atoms with E-state index in [1.165, 1.54) is 42.5 Å². The van der Waals surface area contributed by atoms with Crippen molar-refractivity contribution in [2.45, 2.75) is 52.1 Å². The number of halogens is 4. The standard InChI is InChI=1S/C26H25FN6O2.C22H20FIN4O2.C18H17FN6O/c1-17(22-12-20(27)6-9-24(22)35-16-18-4-7-21(34-3)8-5-18)30-25-10-11-33-26(31-25)23(14-29-33)19-13-28-32(2)15-19;1-14(26-21-9-10-28-22(27-21)19(24)12-25-28)18-11-16(23)5-8-20(18)30-13-15-3-6-17(29-2)7-4-15;1-11(14-7-13(19)3-4-16(14)26)22-17-5-6-25-18(23-17)15(9-21-25)12-8-20-24(2)10-12/h4-15,17H,16H2,1-3H3,(H,30,31);3-12,14H,13H2,1-2H3,(H,26,27);3-11,26H,1-2H3,(H,22,23). The molecule has 0 saturated carbocycles. The molecule has 464 valence electrons. The minimum absolute atomic E-state index is 0.0351. The van der Waals surface area contributed by atoms with Gasteiger partial charge in [0, 0.05) is 84.0 Å². The zero-order chi connectivity index (χ0) is 63.7. The highest BCUT2D eigenvalue weighted by atomic mass is 127. The minimum atomic E-state index is -0.399. The third-order valence-corrected chi connectivity index (χ3v) is 15.4. The second-order valence-electron chi connectivity index (χ2n) is 21.1. The number of rotatable bonds is 19. The number of methoxy groups -OCH3 is 2. The second-order valence-corrected chi connectivity index (χ2v) is 22.3. The molecule has 3 atom stereocenters. The summed E-state index contributed by atoms with van der Waals surface area (Å²) in [5.74, 6) is 3.69. The largest absolute Gasteiger partial charge is 0.508 e. The van der Waals surface area contributed by atoms with Crippen LogP contribution in [0.25, 0.3) is 39.2 Å². The Morgan fingerprint density at radius 1 is 0.473 bits per heavy atom. The molecule has 8 heterocycles. The van der Waals surface area contributed by atoms with Gasteiger partial charge in [0.1, 0.15) is 76.9 Å². The first-order valence-corrected chi connectivity index (χ1v) is 29.7. The van der Waals surface area contributed by atoms with E-state index in [1.54, 1.807) is 92.5 Å². The molecule has 0 aliphatic carbocycles. The number of fused-ring (bicyclic) bond motifs is 3. The van der Waals surface area contributed by atoms with E-state index in [-0.39, 0.29) is 35.5 Å². The Bertz CT molecular complexity index is 4630. The lowest BCUT2D eigenvalue weighted by Crippen LogP contribution is -2.11. The van der Waals surface area contributed by atoms with Gasteiger partial charge in [0.25, 0.3) is 0 Å². The lowest BCUT2D eigenvalue weighted by atomic mass is 10.1. The molecule has 0 aliphatic rings. The number of hydrogen-bond donors (Lipinski definition) is 4. The Morgan fingerprint density at radius 2 is 0.857 bits per heavy atom. The first-order chi connectivity index (χ1) is 44.0. The van der Waals surface area contributed by atoms with Crippen LogP contribution in [0.2, 0.25) is 0 Å². The van der Waals surface area contributed by atoms with Gasteiger partial charge in [-0.25, -0.2) is 41.7 Å². The van der Waals surface area contributed by atoms with E-state index in [0.29, 0.717) is 70.2 Å². The fraction of sp³-hybridized carbons (Fsp3) is 0.182. The molecule has 0 saturated heterocycles. The summed E-state index contributed by atoms with van der Waals surface area (Å²) < 4.78 is 73.6.